The third-order valence-electron chi connectivity index (χ3n) is 6.55. The molecule has 2 bridgehead atoms. The van der Waals surface area contributed by atoms with E-state index in [9.17, 15) is 14.4 Å². The molecule has 2 aliphatic carbocycles. The van der Waals surface area contributed by atoms with Gasteiger partial charge in [-0.3, -0.25) is 19.3 Å². The van der Waals surface area contributed by atoms with Crippen LogP contribution in [0.5, 0.6) is 0 Å². The zero-order chi connectivity index (χ0) is 20.3. The highest BCUT2D eigenvalue weighted by Crippen LogP contribution is 2.52. The van der Waals surface area contributed by atoms with E-state index >= 15 is 0 Å². The van der Waals surface area contributed by atoms with Crippen molar-refractivity contribution in [3.63, 3.8) is 0 Å². The molecular weight excluding hydrogens is 368 g/mol. The number of H-pyrrole nitrogens is 1. The fraction of sp³-hybridized carbons (Fsp3) is 0.455. The molecule has 1 aromatic heterocycles. The molecule has 0 unspecified atom stereocenters. The Hall–Kier alpha value is -2.96. The van der Waals surface area contributed by atoms with Crippen LogP contribution in [0.3, 0.4) is 0 Å². The Bertz CT molecular complexity index is 977. The van der Waals surface area contributed by atoms with Crippen LogP contribution in [-0.2, 0) is 14.4 Å². The minimum Gasteiger partial charge on any atom is -0.344 e. The molecule has 0 radical (unpaired) electrons. The van der Waals surface area contributed by atoms with Crippen LogP contribution in [0.1, 0.15) is 32.1 Å². The SMILES string of the molecule is CC(C)[C@H](NC(=O)CN1C(=O)[C@@H]2[C@H](C1=O)[C@@H]1C=C[C@H]2C1)c1nc2ccccc2[nH]1. The summed E-state index contributed by atoms with van der Waals surface area (Å²) in [5.41, 5.74) is 1.74. The molecule has 29 heavy (non-hydrogen) atoms. The van der Waals surface area contributed by atoms with Crippen molar-refractivity contribution in [2.45, 2.75) is 26.3 Å². The average Bonchev–Trinajstić information content (AvgIpc) is 3.45. The van der Waals surface area contributed by atoms with Gasteiger partial charge in [0.1, 0.15) is 12.4 Å². The second kappa shape index (κ2) is 6.54. The van der Waals surface area contributed by atoms with Gasteiger partial charge in [0.15, 0.2) is 0 Å². The number of amides is 3. The lowest BCUT2D eigenvalue weighted by Gasteiger charge is -2.22. The van der Waals surface area contributed by atoms with Gasteiger partial charge in [-0.15, -0.1) is 0 Å². The number of hydrogen-bond donors (Lipinski definition) is 2. The van der Waals surface area contributed by atoms with Crippen molar-refractivity contribution >= 4 is 28.8 Å². The maximum Gasteiger partial charge on any atom is 0.240 e. The van der Waals surface area contributed by atoms with Gasteiger partial charge in [-0.25, -0.2) is 4.98 Å². The molecule has 1 aliphatic heterocycles. The third kappa shape index (κ3) is 2.79. The van der Waals surface area contributed by atoms with Gasteiger partial charge in [-0.2, -0.15) is 0 Å². The number of imidazole rings is 1. The summed E-state index contributed by atoms with van der Waals surface area (Å²) >= 11 is 0. The molecule has 7 nitrogen and oxygen atoms in total. The number of likely N-dealkylation sites (tertiary alicyclic amines) is 1. The van der Waals surface area contributed by atoms with Crippen molar-refractivity contribution in [2.75, 3.05) is 6.54 Å². The van der Waals surface area contributed by atoms with Crippen molar-refractivity contribution in [1.82, 2.24) is 20.2 Å². The Morgan fingerprint density at radius 2 is 1.83 bits per heavy atom. The highest BCUT2D eigenvalue weighted by Gasteiger charge is 2.59. The van der Waals surface area contributed by atoms with E-state index in [1.165, 1.54) is 0 Å². The first-order valence-corrected chi connectivity index (χ1v) is 10.2. The summed E-state index contributed by atoms with van der Waals surface area (Å²) < 4.78 is 0. The molecule has 7 heteroatoms. The number of benzene rings is 1. The van der Waals surface area contributed by atoms with Gasteiger partial charge in [0.2, 0.25) is 17.7 Å². The molecule has 1 saturated carbocycles. The minimum absolute atomic E-state index is 0.0870. The smallest absolute Gasteiger partial charge is 0.240 e. The largest absolute Gasteiger partial charge is 0.344 e. The topological polar surface area (TPSA) is 95.2 Å². The van der Waals surface area contributed by atoms with Crippen molar-refractivity contribution in [1.29, 1.82) is 0 Å². The molecule has 2 aromatic rings. The number of hydrogen-bond acceptors (Lipinski definition) is 4. The van der Waals surface area contributed by atoms with Crippen molar-refractivity contribution in [3.05, 3.63) is 42.2 Å². The summed E-state index contributed by atoms with van der Waals surface area (Å²) in [5.74, 6) is -0.235. The van der Waals surface area contributed by atoms with Crippen LogP contribution in [-0.4, -0.2) is 39.1 Å². The van der Waals surface area contributed by atoms with Crippen LogP contribution in [0.2, 0.25) is 0 Å². The van der Waals surface area contributed by atoms with E-state index in [0.29, 0.717) is 5.82 Å². The molecule has 1 aromatic carbocycles. The van der Waals surface area contributed by atoms with E-state index < -0.39 is 0 Å². The van der Waals surface area contributed by atoms with Crippen LogP contribution in [0.4, 0.5) is 0 Å². The minimum atomic E-state index is -0.342. The number of para-hydroxylation sites is 2. The molecule has 2 fully saturated rings. The van der Waals surface area contributed by atoms with Gasteiger partial charge in [0, 0.05) is 0 Å². The van der Waals surface area contributed by atoms with Crippen LogP contribution >= 0.6 is 0 Å². The predicted octanol–water partition coefficient (Wildman–Crippen LogP) is 2.18. The number of carbonyl (C=O) groups is 3. The molecule has 1 saturated heterocycles. The number of allylic oxidation sites excluding steroid dienone is 2. The zero-order valence-electron chi connectivity index (χ0n) is 16.5. The maximum atomic E-state index is 12.8. The summed E-state index contributed by atoms with van der Waals surface area (Å²) in [5, 5.41) is 2.97. The maximum absolute atomic E-state index is 12.8. The first-order valence-electron chi connectivity index (χ1n) is 10.2. The van der Waals surface area contributed by atoms with Crippen LogP contribution in [0, 0.1) is 29.6 Å². The van der Waals surface area contributed by atoms with Gasteiger partial charge >= 0.3 is 0 Å². The number of carbonyl (C=O) groups excluding carboxylic acids is 3. The lowest BCUT2D eigenvalue weighted by molar-refractivity contribution is -0.144. The molecule has 3 aliphatic rings. The van der Waals surface area contributed by atoms with E-state index in [0.717, 1.165) is 22.4 Å². The Kier molecular flexibility index (Phi) is 4.08. The van der Waals surface area contributed by atoms with Crippen LogP contribution in [0.25, 0.3) is 11.0 Å². The summed E-state index contributed by atoms with van der Waals surface area (Å²) in [6, 6.07) is 7.36. The molecule has 5 rings (SSSR count). The number of rotatable bonds is 5. The summed E-state index contributed by atoms with van der Waals surface area (Å²) in [4.78, 5) is 47.4. The van der Waals surface area contributed by atoms with Crippen molar-refractivity contribution in [3.8, 4) is 0 Å². The number of nitrogens with zero attached hydrogens (tertiary/aromatic N) is 2. The first kappa shape index (κ1) is 18.1. The molecule has 3 amide bonds. The van der Waals surface area contributed by atoms with Crippen molar-refractivity contribution < 1.29 is 14.4 Å². The van der Waals surface area contributed by atoms with E-state index in [4.69, 9.17) is 0 Å². The monoisotopic (exact) mass is 392 g/mol. The fourth-order valence-corrected chi connectivity index (χ4v) is 5.15. The Labute approximate surface area is 168 Å². The van der Waals surface area contributed by atoms with E-state index in [1.807, 2.05) is 38.1 Å². The second-order valence-electron chi connectivity index (χ2n) is 8.69. The normalized spacial score (nSPS) is 28.6. The molecular formula is C22H24N4O3. The fourth-order valence-electron chi connectivity index (χ4n) is 5.15. The molecule has 2 N–H and O–H groups in total. The highest BCUT2D eigenvalue weighted by atomic mass is 16.2. The number of aromatic nitrogens is 2. The Morgan fingerprint density at radius 1 is 1.17 bits per heavy atom. The Balaban J connectivity index is 1.31. The molecule has 0 spiro atoms. The number of fused-ring (bicyclic) bond motifs is 6. The summed E-state index contributed by atoms with van der Waals surface area (Å²) in [7, 11) is 0. The highest BCUT2D eigenvalue weighted by molar-refractivity contribution is 6.08. The molecule has 5 atom stereocenters. The van der Waals surface area contributed by atoms with Crippen molar-refractivity contribution in [2.24, 2.45) is 29.6 Å². The molecule has 150 valence electrons. The lowest BCUT2D eigenvalue weighted by atomic mass is 9.85. The van der Waals surface area contributed by atoms with E-state index in [-0.39, 0.29) is 59.9 Å². The van der Waals surface area contributed by atoms with E-state index in [1.54, 1.807) is 0 Å². The third-order valence-corrected chi connectivity index (χ3v) is 6.55. The zero-order valence-corrected chi connectivity index (χ0v) is 16.5. The van der Waals surface area contributed by atoms with Gasteiger partial charge in [-0.05, 0) is 36.3 Å². The van der Waals surface area contributed by atoms with Gasteiger partial charge < -0.3 is 10.3 Å². The number of nitrogens with one attached hydrogen (secondary N) is 2. The van der Waals surface area contributed by atoms with Gasteiger partial charge in [-0.1, -0.05) is 38.1 Å². The van der Waals surface area contributed by atoms with E-state index in [2.05, 4.69) is 27.4 Å². The van der Waals surface area contributed by atoms with Gasteiger partial charge in [0.25, 0.3) is 0 Å². The van der Waals surface area contributed by atoms with Gasteiger partial charge in [0.05, 0.1) is 28.9 Å². The number of aromatic amines is 1. The Morgan fingerprint density at radius 3 is 2.45 bits per heavy atom. The average molecular weight is 392 g/mol. The summed E-state index contributed by atoms with van der Waals surface area (Å²) in [6.45, 7) is 3.77. The summed E-state index contributed by atoms with van der Waals surface area (Å²) in [6.07, 6.45) is 4.99. The lowest BCUT2D eigenvalue weighted by Crippen LogP contribution is -2.43. The molecule has 2 heterocycles. The van der Waals surface area contributed by atoms with Crippen LogP contribution in [0.15, 0.2) is 36.4 Å². The van der Waals surface area contributed by atoms with Crippen LogP contribution < -0.4 is 5.32 Å². The second-order valence-corrected chi connectivity index (χ2v) is 8.69. The predicted molar refractivity (Wildman–Crippen MR) is 106 cm³/mol. The number of imide groups is 1. The first-order chi connectivity index (χ1) is 13.9. The standard InChI is InChI=1S/C22H24N4O3/c1-11(2)19(20-23-14-5-3-4-6-15(14)24-20)25-16(27)10-26-21(28)17-12-7-8-13(9-12)18(17)22(26)29/h3-8,11-13,17-19H,9-10H2,1-2H3,(H,23,24)(H,25,27)/t12-,13+,17-,18+,19-/m0/s1. The quantitative estimate of drug-likeness (QED) is 0.602.